The van der Waals surface area contributed by atoms with Crippen LogP contribution in [0.1, 0.15) is 0 Å². The summed E-state index contributed by atoms with van der Waals surface area (Å²) in [7, 11) is 0. The fourth-order valence-corrected chi connectivity index (χ4v) is 2.23. The molecule has 0 spiro atoms. The van der Waals surface area contributed by atoms with E-state index in [1.54, 1.807) is 0 Å². The summed E-state index contributed by atoms with van der Waals surface area (Å²) in [5, 5.41) is 89.3. The smallest absolute Gasteiger partial charge is 0.219 e. The van der Waals surface area contributed by atoms with E-state index >= 15 is 0 Å². The van der Waals surface area contributed by atoms with Crippen LogP contribution in [0.3, 0.4) is 0 Å². The minimum absolute atomic E-state index is 0.526. The van der Waals surface area contributed by atoms with Crippen LogP contribution < -0.4 is 0 Å². The number of aliphatic hydroxyl groups is 10. The second-order valence-corrected chi connectivity index (χ2v) is 5.50. The SMILES string of the molecule is OC[C@H]1OC(O)(CO)[C@@H](O)[C@@H]1O.OC[C@H]1OC(O)[C@H](O)[C@@H](O)[C@@H]1O. The van der Waals surface area contributed by atoms with E-state index in [4.69, 9.17) is 46.0 Å². The highest BCUT2D eigenvalue weighted by Crippen LogP contribution is 2.28. The molecule has 2 rings (SSSR count). The van der Waals surface area contributed by atoms with Crippen LogP contribution in [0.5, 0.6) is 0 Å². The molecule has 0 aliphatic carbocycles. The van der Waals surface area contributed by atoms with Crippen molar-refractivity contribution in [3.05, 3.63) is 0 Å². The van der Waals surface area contributed by atoms with Crippen molar-refractivity contribution in [2.75, 3.05) is 19.8 Å². The van der Waals surface area contributed by atoms with Crippen molar-refractivity contribution in [1.82, 2.24) is 0 Å². The first-order valence-electron chi connectivity index (χ1n) is 7.09. The summed E-state index contributed by atoms with van der Waals surface area (Å²) in [5.74, 6) is -2.16. The average molecular weight is 360 g/mol. The van der Waals surface area contributed by atoms with E-state index in [-0.39, 0.29) is 0 Å². The zero-order valence-corrected chi connectivity index (χ0v) is 12.5. The molecule has 0 aromatic heterocycles. The van der Waals surface area contributed by atoms with Crippen LogP contribution in [0.2, 0.25) is 0 Å². The van der Waals surface area contributed by atoms with Crippen LogP contribution >= 0.6 is 0 Å². The van der Waals surface area contributed by atoms with Crippen LogP contribution in [-0.2, 0) is 9.47 Å². The number of hydrogen-bond acceptors (Lipinski definition) is 12. The molecule has 2 saturated heterocycles. The zero-order valence-electron chi connectivity index (χ0n) is 12.5. The summed E-state index contributed by atoms with van der Waals surface area (Å²) < 4.78 is 9.20. The highest BCUT2D eigenvalue weighted by atomic mass is 16.7. The van der Waals surface area contributed by atoms with Gasteiger partial charge in [0.25, 0.3) is 0 Å². The highest BCUT2D eigenvalue weighted by Gasteiger charge is 2.52. The Kier molecular flexibility index (Phi) is 7.86. The molecule has 10 N–H and O–H groups in total. The Hall–Kier alpha value is -0.480. The first-order chi connectivity index (χ1) is 11.1. The van der Waals surface area contributed by atoms with E-state index in [1.165, 1.54) is 0 Å². The minimum atomic E-state index is -2.16. The average Bonchev–Trinajstić information content (AvgIpc) is 2.81. The van der Waals surface area contributed by atoms with Gasteiger partial charge in [-0.2, -0.15) is 0 Å². The standard InChI is InChI=1S/2C6H12O6/c7-1-3-4(9)5(10)6(11,2-8)12-3;7-1-2-3(8)4(9)5(10)6(11)12-2/h3-5,7-11H,1-2H2;2-11H,1H2/t3-,4-,5+,6?;2-,3-,4+,5-,6?/m11/s1. The molecule has 2 heterocycles. The Labute approximate surface area is 136 Å². The summed E-state index contributed by atoms with van der Waals surface area (Å²) in [5.41, 5.74) is 0. The molecule has 2 unspecified atom stereocenters. The van der Waals surface area contributed by atoms with E-state index in [9.17, 15) is 5.11 Å². The zero-order chi connectivity index (χ0) is 18.7. The van der Waals surface area contributed by atoms with Crippen LogP contribution in [0.15, 0.2) is 0 Å². The van der Waals surface area contributed by atoms with E-state index < -0.39 is 74.6 Å². The minimum Gasteiger partial charge on any atom is -0.394 e. The lowest BCUT2D eigenvalue weighted by atomic mass is 10.00. The fraction of sp³-hybridized carbons (Fsp3) is 1.00. The fourth-order valence-electron chi connectivity index (χ4n) is 2.23. The molecule has 0 bridgehead atoms. The molecule has 0 radical (unpaired) electrons. The van der Waals surface area contributed by atoms with Gasteiger partial charge >= 0.3 is 0 Å². The molecule has 144 valence electrons. The van der Waals surface area contributed by atoms with Gasteiger partial charge in [-0.1, -0.05) is 0 Å². The first-order valence-corrected chi connectivity index (χ1v) is 7.09. The molecule has 24 heavy (non-hydrogen) atoms. The Bertz CT molecular complexity index is 371. The number of ether oxygens (including phenoxy) is 2. The van der Waals surface area contributed by atoms with Gasteiger partial charge in [-0.3, -0.25) is 0 Å². The van der Waals surface area contributed by atoms with E-state index in [1.807, 2.05) is 0 Å². The lowest BCUT2D eigenvalue weighted by Gasteiger charge is -2.37. The molecule has 2 aliphatic heterocycles. The second-order valence-electron chi connectivity index (χ2n) is 5.50. The predicted octanol–water partition coefficient (Wildman–Crippen LogP) is -6.44. The molecule has 0 amide bonds. The summed E-state index contributed by atoms with van der Waals surface area (Å²) in [6, 6.07) is 0. The highest BCUT2D eigenvalue weighted by molar-refractivity contribution is 4.94. The van der Waals surface area contributed by atoms with Gasteiger partial charge in [0, 0.05) is 0 Å². The van der Waals surface area contributed by atoms with Gasteiger partial charge in [-0.25, -0.2) is 0 Å². The Balaban J connectivity index is 0.000000240. The number of rotatable bonds is 3. The van der Waals surface area contributed by atoms with Gasteiger partial charge in [-0.15, -0.1) is 0 Å². The molecule has 0 saturated carbocycles. The van der Waals surface area contributed by atoms with Gasteiger partial charge in [-0.05, 0) is 0 Å². The van der Waals surface area contributed by atoms with Crippen molar-refractivity contribution in [3.8, 4) is 0 Å². The van der Waals surface area contributed by atoms with Crippen molar-refractivity contribution < 1.29 is 60.5 Å². The van der Waals surface area contributed by atoms with Crippen LogP contribution in [-0.4, -0.2) is 126 Å². The predicted molar refractivity (Wildman–Crippen MR) is 72.0 cm³/mol. The van der Waals surface area contributed by atoms with E-state index in [0.717, 1.165) is 0 Å². The maximum Gasteiger partial charge on any atom is 0.219 e. The molecule has 12 nitrogen and oxygen atoms in total. The molecular formula is C12H24O12. The largest absolute Gasteiger partial charge is 0.394 e. The van der Waals surface area contributed by atoms with Gasteiger partial charge in [0.05, 0.1) is 19.8 Å². The molecular weight excluding hydrogens is 336 g/mol. The Morgan fingerprint density at radius 1 is 0.708 bits per heavy atom. The normalized spacial score (nSPS) is 48.8. The second kappa shape index (κ2) is 8.75. The Morgan fingerprint density at radius 3 is 1.62 bits per heavy atom. The topological polar surface area (TPSA) is 221 Å². The molecule has 0 aromatic carbocycles. The number of aliphatic hydroxyl groups excluding tert-OH is 9. The lowest BCUT2D eigenvalue weighted by molar-refractivity contribution is -0.286. The van der Waals surface area contributed by atoms with Gasteiger partial charge in [0.1, 0.15) is 42.7 Å². The quantitative estimate of drug-likeness (QED) is 0.227. The van der Waals surface area contributed by atoms with Crippen LogP contribution in [0.25, 0.3) is 0 Å². The molecule has 12 heteroatoms. The number of hydrogen-bond donors (Lipinski definition) is 10. The van der Waals surface area contributed by atoms with Gasteiger partial charge in [0.15, 0.2) is 6.29 Å². The molecule has 2 fully saturated rings. The van der Waals surface area contributed by atoms with Crippen LogP contribution in [0, 0.1) is 0 Å². The van der Waals surface area contributed by atoms with Crippen molar-refractivity contribution in [3.63, 3.8) is 0 Å². The molecule has 2 aliphatic rings. The van der Waals surface area contributed by atoms with Gasteiger partial charge < -0.3 is 60.5 Å². The van der Waals surface area contributed by atoms with Crippen molar-refractivity contribution >= 4 is 0 Å². The maximum absolute atomic E-state index is 9.25. The third-order valence-corrected chi connectivity index (χ3v) is 3.80. The third kappa shape index (κ3) is 4.37. The first kappa shape index (κ1) is 21.6. The van der Waals surface area contributed by atoms with E-state index in [0.29, 0.717) is 0 Å². The molecule has 9 atom stereocenters. The maximum atomic E-state index is 9.25. The summed E-state index contributed by atoms with van der Waals surface area (Å²) in [6.07, 6.45) is -11.1. The van der Waals surface area contributed by atoms with Crippen LogP contribution in [0.4, 0.5) is 0 Å². The Morgan fingerprint density at radius 2 is 1.25 bits per heavy atom. The van der Waals surface area contributed by atoms with Crippen molar-refractivity contribution in [2.24, 2.45) is 0 Å². The monoisotopic (exact) mass is 360 g/mol. The lowest BCUT2D eigenvalue weighted by Crippen LogP contribution is -2.58. The summed E-state index contributed by atoms with van der Waals surface area (Å²) >= 11 is 0. The molecule has 0 aromatic rings. The van der Waals surface area contributed by atoms with E-state index in [2.05, 4.69) is 9.47 Å². The third-order valence-electron chi connectivity index (χ3n) is 3.80. The van der Waals surface area contributed by atoms with Crippen molar-refractivity contribution in [1.29, 1.82) is 0 Å². The summed E-state index contributed by atoms with van der Waals surface area (Å²) in [4.78, 5) is 0. The van der Waals surface area contributed by atoms with Gasteiger partial charge in [0.2, 0.25) is 5.79 Å². The van der Waals surface area contributed by atoms with Crippen molar-refractivity contribution in [2.45, 2.75) is 54.8 Å². The summed E-state index contributed by atoms with van der Waals surface area (Å²) in [6.45, 7) is -1.88.